The van der Waals surface area contributed by atoms with Crippen LogP contribution < -0.4 is 10.0 Å². The summed E-state index contributed by atoms with van der Waals surface area (Å²) < 4.78 is 33.6. The fourth-order valence-electron chi connectivity index (χ4n) is 2.92. The van der Waals surface area contributed by atoms with E-state index in [0.29, 0.717) is 28.1 Å². The van der Waals surface area contributed by atoms with Gasteiger partial charge in [0, 0.05) is 35.3 Å². The third-order valence-electron chi connectivity index (χ3n) is 4.22. The van der Waals surface area contributed by atoms with Crippen molar-refractivity contribution in [1.82, 2.24) is 15.5 Å². The van der Waals surface area contributed by atoms with Gasteiger partial charge in [0.05, 0.1) is 11.1 Å². The lowest BCUT2D eigenvalue weighted by atomic mass is 10.2. The van der Waals surface area contributed by atoms with E-state index < -0.39 is 10.0 Å². The molecule has 0 fully saturated rings. The minimum Gasteiger partial charge on any atom is -0.356 e. The zero-order valence-electron chi connectivity index (χ0n) is 14.8. The van der Waals surface area contributed by atoms with Crippen LogP contribution in [0.3, 0.4) is 0 Å². The van der Waals surface area contributed by atoms with E-state index in [-0.39, 0.29) is 10.8 Å². The first kappa shape index (κ1) is 17.8. The molecule has 2 aromatic carbocycles. The van der Waals surface area contributed by atoms with Gasteiger partial charge >= 0.3 is 0 Å². The summed E-state index contributed by atoms with van der Waals surface area (Å²) in [5.74, 6) is 0.108. The Balaban J connectivity index is 1.70. The number of rotatable bonds is 5. The van der Waals surface area contributed by atoms with Crippen LogP contribution in [0.2, 0.25) is 0 Å². The maximum atomic E-state index is 13.0. The fourth-order valence-corrected chi connectivity index (χ4v) is 4.19. The van der Waals surface area contributed by atoms with Crippen molar-refractivity contribution in [1.29, 1.82) is 0 Å². The normalized spacial score (nSPS) is 11.5. The van der Waals surface area contributed by atoms with Gasteiger partial charge in [0.2, 0.25) is 0 Å². The molecule has 1 amide bonds. The Morgan fingerprint density at radius 3 is 2.68 bits per heavy atom. The Bertz CT molecular complexity index is 1260. The van der Waals surface area contributed by atoms with Gasteiger partial charge in [0.1, 0.15) is 5.69 Å². The highest BCUT2D eigenvalue weighted by Crippen LogP contribution is 2.29. The quantitative estimate of drug-likeness (QED) is 0.479. The van der Waals surface area contributed by atoms with Crippen molar-refractivity contribution < 1.29 is 17.7 Å². The van der Waals surface area contributed by atoms with Gasteiger partial charge in [0.25, 0.3) is 15.9 Å². The first-order valence-electron chi connectivity index (χ1n) is 8.36. The molecule has 2 aromatic heterocycles. The molecule has 0 atom stereocenters. The summed E-state index contributed by atoms with van der Waals surface area (Å²) in [7, 11) is -2.34. The molecule has 0 aliphatic heterocycles. The predicted octanol–water partition coefficient (Wildman–Crippen LogP) is 2.98. The van der Waals surface area contributed by atoms with Crippen LogP contribution in [0, 0.1) is 0 Å². The molecule has 0 aliphatic carbocycles. The summed E-state index contributed by atoms with van der Waals surface area (Å²) >= 11 is 0. The molecule has 3 N–H and O–H groups in total. The highest BCUT2D eigenvalue weighted by molar-refractivity contribution is 7.92. The Morgan fingerprint density at radius 2 is 1.93 bits per heavy atom. The predicted molar refractivity (Wildman–Crippen MR) is 104 cm³/mol. The van der Waals surface area contributed by atoms with Gasteiger partial charge in [-0.25, -0.2) is 8.42 Å². The minimum atomic E-state index is -3.88. The molecule has 0 bridgehead atoms. The molecule has 0 unspecified atom stereocenters. The van der Waals surface area contributed by atoms with E-state index >= 15 is 0 Å². The van der Waals surface area contributed by atoms with E-state index in [1.165, 1.54) is 12.3 Å². The van der Waals surface area contributed by atoms with Gasteiger partial charge in [-0.15, -0.1) is 0 Å². The van der Waals surface area contributed by atoms with E-state index in [1.807, 2.05) is 0 Å². The molecule has 0 aliphatic rings. The number of hydrogen-bond donors (Lipinski definition) is 3. The van der Waals surface area contributed by atoms with Gasteiger partial charge < -0.3 is 14.8 Å². The molecule has 142 valence electrons. The minimum absolute atomic E-state index is 0.0759. The number of nitrogens with one attached hydrogen (secondary N) is 3. The largest absolute Gasteiger partial charge is 0.356 e. The second kappa shape index (κ2) is 6.86. The third-order valence-corrected chi connectivity index (χ3v) is 5.66. The number of anilines is 1. The summed E-state index contributed by atoms with van der Waals surface area (Å²) in [6, 6.07) is 14.8. The molecular weight excluding hydrogens is 380 g/mol. The van der Waals surface area contributed by atoms with Gasteiger partial charge in [-0.1, -0.05) is 17.3 Å². The topological polar surface area (TPSA) is 117 Å². The van der Waals surface area contributed by atoms with Crippen LogP contribution >= 0.6 is 0 Å². The van der Waals surface area contributed by atoms with Crippen LogP contribution in [0.15, 0.2) is 70.2 Å². The van der Waals surface area contributed by atoms with Crippen molar-refractivity contribution in [3.05, 3.63) is 66.5 Å². The number of aromatic amines is 1. The molecule has 0 saturated heterocycles. The van der Waals surface area contributed by atoms with Gasteiger partial charge in [-0.3, -0.25) is 9.52 Å². The number of hydrogen-bond acceptors (Lipinski definition) is 5. The Labute approximate surface area is 160 Å². The lowest BCUT2D eigenvalue weighted by Gasteiger charge is -2.11. The number of fused-ring (bicyclic) bond motifs is 1. The van der Waals surface area contributed by atoms with Crippen molar-refractivity contribution in [2.45, 2.75) is 4.90 Å². The average molecular weight is 396 g/mol. The number of benzene rings is 2. The maximum Gasteiger partial charge on any atom is 0.267 e. The third kappa shape index (κ3) is 3.23. The van der Waals surface area contributed by atoms with Crippen LogP contribution in [0.25, 0.3) is 22.2 Å². The first-order chi connectivity index (χ1) is 13.5. The molecule has 0 spiro atoms. The number of H-pyrrole nitrogens is 1. The van der Waals surface area contributed by atoms with E-state index in [0.717, 1.165) is 5.52 Å². The standard InChI is InChI=1S/C19H16N4O4S/c1-20-19(24)16-11-12-10-13(6-7-15(12)22-16)23-28(25,26)18-5-3-2-4-14(18)17-8-9-21-27-17/h2-11,22-23H,1H3,(H,20,24). The van der Waals surface area contributed by atoms with E-state index in [1.54, 1.807) is 55.6 Å². The second-order valence-electron chi connectivity index (χ2n) is 6.04. The summed E-state index contributed by atoms with van der Waals surface area (Å²) in [4.78, 5) is 14.8. The summed E-state index contributed by atoms with van der Waals surface area (Å²) in [5.41, 5.74) is 1.91. The van der Waals surface area contributed by atoms with Crippen molar-refractivity contribution in [2.75, 3.05) is 11.8 Å². The van der Waals surface area contributed by atoms with E-state index in [4.69, 9.17) is 4.52 Å². The molecule has 4 aromatic rings. The van der Waals surface area contributed by atoms with Gasteiger partial charge in [-0.2, -0.15) is 0 Å². The fraction of sp³-hybridized carbons (Fsp3) is 0.0526. The molecule has 8 nitrogen and oxygen atoms in total. The summed E-state index contributed by atoms with van der Waals surface area (Å²) in [5, 5.41) is 6.89. The SMILES string of the molecule is CNC(=O)c1cc2cc(NS(=O)(=O)c3ccccc3-c3ccno3)ccc2[nH]1. The highest BCUT2D eigenvalue weighted by Gasteiger charge is 2.21. The summed E-state index contributed by atoms with van der Waals surface area (Å²) in [6.45, 7) is 0. The van der Waals surface area contributed by atoms with Crippen LogP contribution in [0.4, 0.5) is 5.69 Å². The average Bonchev–Trinajstić information content (AvgIpc) is 3.36. The maximum absolute atomic E-state index is 13.0. The summed E-state index contributed by atoms with van der Waals surface area (Å²) in [6.07, 6.45) is 1.45. The van der Waals surface area contributed by atoms with Crippen molar-refractivity contribution in [2.24, 2.45) is 0 Å². The molecule has 28 heavy (non-hydrogen) atoms. The number of nitrogens with zero attached hydrogens (tertiary/aromatic N) is 1. The lowest BCUT2D eigenvalue weighted by molar-refractivity contribution is 0.0959. The van der Waals surface area contributed by atoms with Crippen LogP contribution in [-0.4, -0.2) is 31.5 Å². The van der Waals surface area contributed by atoms with Gasteiger partial charge in [-0.05, 0) is 36.4 Å². The molecule has 0 saturated carbocycles. The molecule has 9 heteroatoms. The van der Waals surface area contributed by atoms with Gasteiger partial charge in [0.15, 0.2) is 5.76 Å². The number of carbonyl (C=O) groups excluding carboxylic acids is 1. The zero-order chi connectivity index (χ0) is 19.7. The molecule has 0 radical (unpaired) electrons. The highest BCUT2D eigenvalue weighted by atomic mass is 32.2. The Kier molecular flexibility index (Phi) is 4.36. The monoisotopic (exact) mass is 396 g/mol. The van der Waals surface area contributed by atoms with E-state index in [2.05, 4.69) is 20.2 Å². The lowest BCUT2D eigenvalue weighted by Crippen LogP contribution is -2.17. The Morgan fingerprint density at radius 1 is 1.11 bits per heavy atom. The zero-order valence-corrected chi connectivity index (χ0v) is 15.6. The van der Waals surface area contributed by atoms with Crippen molar-refractivity contribution >= 4 is 32.5 Å². The number of carbonyl (C=O) groups is 1. The number of sulfonamides is 1. The smallest absolute Gasteiger partial charge is 0.267 e. The molecule has 2 heterocycles. The molecular formula is C19H16N4O4S. The van der Waals surface area contributed by atoms with E-state index in [9.17, 15) is 13.2 Å². The van der Waals surface area contributed by atoms with Crippen LogP contribution in [0.1, 0.15) is 10.5 Å². The van der Waals surface area contributed by atoms with Crippen LogP contribution in [-0.2, 0) is 10.0 Å². The first-order valence-corrected chi connectivity index (χ1v) is 9.84. The van der Waals surface area contributed by atoms with Crippen LogP contribution in [0.5, 0.6) is 0 Å². The second-order valence-corrected chi connectivity index (χ2v) is 7.69. The van der Waals surface area contributed by atoms with Crippen molar-refractivity contribution in [3.63, 3.8) is 0 Å². The number of amides is 1. The Hall–Kier alpha value is -3.59. The molecule has 4 rings (SSSR count). The number of aromatic nitrogens is 2. The van der Waals surface area contributed by atoms with Crippen molar-refractivity contribution in [3.8, 4) is 11.3 Å².